The quantitative estimate of drug-likeness (QED) is 0.423. The Hall–Kier alpha value is -3.86. The van der Waals surface area contributed by atoms with Gasteiger partial charge in [-0.15, -0.1) is 10.2 Å². The molecule has 2 aliphatic heterocycles. The molecule has 2 saturated carbocycles. The zero-order valence-corrected chi connectivity index (χ0v) is 22.9. The monoisotopic (exact) mass is 558 g/mol. The molecule has 3 aromatic rings. The van der Waals surface area contributed by atoms with Crippen LogP contribution < -0.4 is 10.1 Å². The van der Waals surface area contributed by atoms with Gasteiger partial charge in [-0.25, -0.2) is 4.98 Å². The second-order valence-corrected chi connectivity index (χ2v) is 12.1. The number of nitrogens with one attached hydrogen (secondary N) is 1. The molecule has 1 aromatic carbocycles. The van der Waals surface area contributed by atoms with E-state index in [1.807, 2.05) is 29.2 Å². The van der Waals surface area contributed by atoms with Crippen molar-refractivity contribution in [1.29, 1.82) is 0 Å². The van der Waals surface area contributed by atoms with Crippen molar-refractivity contribution in [2.45, 2.75) is 69.5 Å². The highest BCUT2D eigenvalue weighted by molar-refractivity contribution is 7.14. The first kappa shape index (κ1) is 25.1. The van der Waals surface area contributed by atoms with Crippen molar-refractivity contribution in [1.82, 2.24) is 30.3 Å². The molecule has 0 radical (unpaired) electrons. The maximum Gasteiger partial charge on any atom is 0.270 e. The summed E-state index contributed by atoms with van der Waals surface area (Å²) in [6.45, 7) is 1.59. The Bertz CT molecular complexity index is 1470. The number of hydrogen-bond acceptors (Lipinski definition) is 8. The molecule has 206 valence electrons. The molecule has 1 atom stereocenters. The van der Waals surface area contributed by atoms with Crippen LogP contribution in [-0.4, -0.2) is 67.9 Å². The van der Waals surface area contributed by atoms with E-state index in [-0.39, 0.29) is 35.3 Å². The van der Waals surface area contributed by atoms with Crippen LogP contribution in [0.15, 0.2) is 36.4 Å². The third-order valence-corrected chi connectivity index (χ3v) is 9.00. The van der Waals surface area contributed by atoms with E-state index in [9.17, 15) is 14.4 Å². The third kappa shape index (κ3) is 5.30. The lowest BCUT2D eigenvalue weighted by atomic mass is 10.2. The van der Waals surface area contributed by atoms with Gasteiger partial charge in [0.15, 0.2) is 0 Å². The van der Waals surface area contributed by atoms with Crippen molar-refractivity contribution in [3.05, 3.63) is 52.7 Å². The van der Waals surface area contributed by atoms with Gasteiger partial charge in [0, 0.05) is 49.0 Å². The summed E-state index contributed by atoms with van der Waals surface area (Å²) < 4.78 is 6.21. The molecule has 10 nitrogen and oxygen atoms in total. The highest BCUT2D eigenvalue weighted by Crippen LogP contribution is 2.42. The lowest BCUT2D eigenvalue weighted by Crippen LogP contribution is -2.38. The van der Waals surface area contributed by atoms with Crippen molar-refractivity contribution in [3.63, 3.8) is 0 Å². The van der Waals surface area contributed by atoms with E-state index in [2.05, 4.69) is 20.5 Å². The van der Waals surface area contributed by atoms with Crippen LogP contribution in [-0.2, 0) is 16.1 Å². The Morgan fingerprint density at radius 1 is 1.02 bits per heavy atom. The topological polar surface area (TPSA) is 118 Å². The number of benzene rings is 1. The van der Waals surface area contributed by atoms with Gasteiger partial charge in [0.1, 0.15) is 21.5 Å². The number of carbonyl (C=O) groups is 3. The Morgan fingerprint density at radius 2 is 1.85 bits per heavy atom. The van der Waals surface area contributed by atoms with Crippen molar-refractivity contribution in [3.8, 4) is 22.2 Å². The summed E-state index contributed by atoms with van der Waals surface area (Å²) in [5.74, 6) is 1.27. The van der Waals surface area contributed by atoms with Gasteiger partial charge in [-0.2, -0.15) is 0 Å². The van der Waals surface area contributed by atoms with Crippen LogP contribution in [0.25, 0.3) is 10.6 Å². The minimum atomic E-state index is -0.345. The van der Waals surface area contributed by atoms with Crippen LogP contribution in [0.4, 0.5) is 0 Å². The number of carbonyl (C=O) groups excluding carboxylic acids is 3. The van der Waals surface area contributed by atoms with E-state index in [1.54, 1.807) is 28.4 Å². The van der Waals surface area contributed by atoms with E-state index >= 15 is 0 Å². The van der Waals surface area contributed by atoms with E-state index in [4.69, 9.17) is 4.74 Å². The van der Waals surface area contributed by atoms with Crippen molar-refractivity contribution < 1.29 is 19.1 Å². The molecule has 40 heavy (non-hydrogen) atoms. The first-order valence-electron chi connectivity index (χ1n) is 14.0. The van der Waals surface area contributed by atoms with Crippen molar-refractivity contribution >= 4 is 29.1 Å². The van der Waals surface area contributed by atoms with Crippen LogP contribution >= 0.6 is 11.3 Å². The molecule has 0 bridgehead atoms. The lowest BCUT2D eigenvalue weighted by Gasteiger charge is -2.19. The number of hydrogen-bond donors (Lipinski definition) is 1. The van der Waals surface area contributed by atoms with Gasteiger partial charge in [-0.1, -0.05) is 11.3 Å². The number of ether oxygens (including phenoxy) is 1. The molecule has 4 aliphatic rings. The maximum absolute atomic E-state index is 13.1. The van der Waals surface area contributed by atoms with Crippen molar-refractivity contribution in [2.24, 2.45) is 0 Å². The lowest BCUT2D eigenvalue weighted by molar-refractivity contribution is -0.129. The molecule has 0 spiro atoms. The fourth-order valence-electron chi connectivity index (χ4n) is 5.33. The Morgan fingerprint density at radius 3 is 2.58 bits per heavy atom. The fourth-order valence-corrected chi connectivity index (χ4v) is 6.35. The smallest absolute Gasteiger partial charge is 0.270 e. The molecule has 3 amide bonds. The third-order valence-electron chi connectivity index (χ3n) is 7.87. The van der Waals surface area contributed by atoms with Gasteiger partial charge < -0.3 is 19.9 Å². The van der Waals surface area contributed by atoms with Crippen LogP contribution in [0, 0.1) is 0 Å². The second kappa shape index (κ2) is 10.3. The highest BCUT2D eigenvalue weighted by Gasteiger charge is 2.40. The standard InChI is InChI=1S/C29H30N6O4S/c36-24-2-1-13-34(24)15-19-7-12-23(26(38)30-20-14-25(37)35(16-20)21-8-9-21)31-27(19)39-22-10-5-18(6-11-22)29-33-32-28(40-29)17-3-4-17/h5-7,10-12,17,20-21H,1-4,8-9,13-16H2,(H,30,38). The molecule has 4 heterocycles. The number of amides is 3. The zero-order chi connectivity index (χ0) is 27.2. The molecular formula is C29H30N6O4S. The average molecular weight is 559 g/mol. The van der Waals surface area contributed by atoms with E-state index < -0.39 is 0 Å². The van der Waals surface area contributed by atoms with Crippen LogP contribution in [0.5, 0.6) is 11.6 Å². The summed E-state index contributed by atoms with van der Waals surface area (Å²) in [6.07, 6.45) is 6.14. The molecule has 7 rings (SSSR count). The molecule has 11 heteroatoms. The minimum Gasteiger partial charge on any atom is -0.439 e. The number of likely N-dealkylation sites (tertiary alicyclic amines) is 2. The number of rotatable bonds is 9. The molecule has 2 aliphatic carbocycles. The van der Waals surface area contributed by atoms with E-state index in [1.165, 1.54) is 12.8 Å². The first-order valence-corrected chi connectivity index (χ1v) is 14.8. The zero-order valence-electron chi connectivity index (χ0n) is 22.0. The fraction of sp³-hybridized carbons (Fsp3) is 0.448. The average Bonchev–Trinajstić information content (AvgIpc) is 3.87. The van der Waals surface area contributed by atoms with Gasteiger partial charge in [0.05, 0.1) is 12.6 Å². The number of nitrogens with zero attached hydrogens (tertiary/aromatic N) is 5. The predicted octanol–water partition coefficient (Wildman–Crippen LogP) is 3.89. The summed E-state index contributed by atoms with van der Waals surface area (Å²) in [6, 6.07) is 11.1. The largest absolute Gasteiger partial charge is 0.439 e. The van der Waals surface area contributed by atoms with Crippen molar-refractivity contribution in [2.75, 3.05) is 13.1 Å². The predicted molar refractivity (Wildman–Crippen MR) is 147 cm³/mol. The summed E-state index contributed by atoms with van der Waals surface area (Å²) >= 11 is 1.63. The molecule has 2 aromatic heterocycles. The molecule has 4 fully saturated rings. The second-order valence-electron chi connectivity index (χ2n) is 11.1. The molecular weight excluding hydrogens is 528 g/mol. The summed E-state index contributed by atoms with van der Waals surface area (Å²) in [5, 5.41) is 13.6. The van der Waals surface area contributed by atoms with Crippen LogP contribution in [0.2, 0.25) is 0 Å². The molecule has 2 saturated heterocycles. The van der Waals surface area contributed by atoms with Gasteiger partial charge >= 0.3 is 0 Å². The number of pyridine rings is 1. The first-order chi connectivity index (χ1) is 19.5. The van der Waals surface area contributed by atoms with Crippen LogP contribution in [0.3, 0.4) is 0 Å². The van der Waals surface area contributed by atoms with Gasteiger partial charge in [0.2, 0.25) is 17.7 Å². The van der Waals surface area contributed by atoms with Crippen LogP contribution in [0.1, 0.15) is 71.9 Å². The van der Waals surface area contributed by atoms with Gasteiger partial charge in [0.25, 0.3) is 5.91 Å². The Kier molecular flexibility index (Phi) is 6.45. The summed E-state index contributed by atoms with van der Waals surface area (Å²) in [4.78, 5) is 46.0. The highest BCUT2D eigenvalue weighted by atomic mass is 32.1. The molecule has 1 unspecified atom stereocenters. The Labute approximate surface area is 235 Å². The SMILES string of the molecule is O=C(NC1CC(=O)N(C2CC2)C1)c1ccc(CN2CCCC2=O)c(Oc2ccc(-c3nnc(C4CC4)s3)cc2)n1. The summed E-state index contributed by atoms with van der Waals surface area (Å²) in [7, 11) is 0. The van der Waals surface area contributed by atoms with Gasteiger partial charge in [-0.3, -0.25) is 14.4 Å². The van der Waals surface area contributed by atoms with Gasteiger partial charge in [-0.05, 0) is 68.5 Å². The Balaban J connectivity index is 1.09. The normalized spacial score (nSPS) is 20.9. The number of aromatic nitrogens is 3. The maximum atomic E-state index is 13.1. The van der Waals surface area contributed by atoms with E-state index in [0.717, 1.165) is 40.4 Å². The minimum absolute atomic E-state index is 0.0937. The molecule has 1 N–H and O–H groups in total. The summed E-state index contributed by atoms with van der Waals surface area (Å²) in [5.41, 5.74) is 1.90. The van der Waals surface area contributed by atoms with E-state index in [0.29, 0.717) is 50.2 Å².